The summed E-state index contributed by atoms with van der Waals surface area (Å²) >= 11 is 0. The van der Waals surface area contributed by atoms with Gasteiger partial charge in [-0.2, -0.15) is 0 Å². The molecule has 0 atom stereocenters. The smallest absolute Gasteiger partial charge is 0.251 e. The van der Waals surface area contributed by atoms with Gasteiger partial charge in [-0.1, -0.05) is 24.3 Å². The highest BCUT2D eigenvalue weighted by Gasteiger charge is 2.05. The molecule has 5 nitrogen and oxygen atoms in total. The molecule has 0 saturated carbocycles. The van der Waals surface area contributed by atoms with Gasteiger partial charge in [0.25, 0.3) is 5.91 Å². The number of hydrogen-bond donors (Lipinski definition) is 1. The Morgan fingerprint density at radius 2 is 1.70 bits per heavy atom. The molecule has 0 fully saturated rings. The van der Waals surface area contributed by atoms with Crippen LogP contribution in [0, 0.1) is 0 Å². The number of benzene rings is 2. The first kappa shape index (κ1) is 16.4. The van der Waals surface area contributed by atoms with E-state index in [0.29, 0.717) is 24.1 Å². The highest BCUT2D eigenvalue weighted by Crippen LogP contribution is 2.12. The highest BCUT2D eigenvalue weighted by molar-refractivity contribution is 5.94. The fourth-order valence-corrected chi connectivity index (χ4v) is 2.09. The fraction of sp³-hybridized carbons (Fsp3) is 0.167. The van der Waals surface area contributed by atoms with E-state index in [0.717, 1.165) is 23.9 Å². The van der Waals surface area contributed by atoms with Crippen LogP contribution in [0.2, 0.25) is 0 Å². The molecular weight excluding hydrogens is 292 g/mol. The second kappa shape index (κ2) is 7.89. The van der Waals surface area contributed by atoms with Crippen molar-refractivity contribution in [2.24, 2.45) is 0 Å². The van der Waals surface area contributed by atoms with Crippen LogP contribution in [0.5, 0.6) is 0 Å². The summed E-state index contributed by atoms with van der Waals surface area (Å²) in [4.78, 5) is 34.7. The predicted octanol–water partition coefficient (Wildman–Crippen LogP) is 2.06. The van der Waals surface area contributed by atoms with Gasteiger partial charge >= 0.3 is 0 Å². The molecule has 2 rings (SSSR count). The standard InChI is InChI=1S/C18H18N2O3/c1-20(13-22)17-8-4-14(5-9-17)10-11-19-18(23)16-6-2-15(12-21)3-7-16/h2-9,12-13H,10-11H2,1H3,(H,19,23). The minimum absolute atomic E-state index is 0.167. The lowest BCUT2D eigenvalue weighted by Gasteiger charge is -2.11. The van der Waals surface area contributed by atoms with E-state index in [2.05, 4.69) is 5.32 Å². The van der Waals surface area contributed by atoms with Crippen LogP contribution in [-0.2, 0) is 11.2 Å². The molecule has 0 aliphatic carbocycles. The number of carbonyl (C=O) groups is 3. The summed E-state index contributed by atoms with van der Waals surface area (Å²) in [5.74, 6) is -0.167. The SMILES string of the molecule is CN(C=O)c1ccc(CCNC(=O)c2ccc(C=O)cc2)cc1. The molecule has 118 valence electrons. The second-order valence-corrected chi connectivity index (χ2v) is 5.13. The van der Waals surface area contributed by atoms with Crippen molar-refractivity contribution in [2.45, 2.75) is 6.42 Å². The summed E-state index contributed by atoms with van der Waals surface area (Å²) in [5, 5.41) is 2.84. The number of rotatable bonds is 7. The third-order valence-corrected chi connectivity index (χ3v) is 3.51. The minimum atomic E-state index is -0.167. The number of anilines is 1. The number of nitrogens with zero attached hydrogens (tertiary/aromatic N) is 1. The second-order valence-electron chi connectivity index (χ2n) is 5.13. The third kappa shape index (κ3) is 4.51. The molecule has 0 heterocycles. The molecule has 0 aromatic heterocycles. The first-order valence-electron chi connectivity index (χ1n) is 7.24. The first-order valence-corrected chi connectivity index (χ1v) is 7.24. The van der Waals surface area contributed by atoms with E-state index >= 15 is 0 Å². The Bertz CT molecular complexity index is 678. The maximum atomic E-state index is 12.0. The van der Waals surface area contributed by atoms with Crippen LogP contribution < -0.4 is 10.2 Å². The molecule has 2 amide bonds. The molecule has 0 unspecified atom stereocenters. The zero-order valence-corrected chi connectivity index (χ0v) is 12.9. The third-order valence-electron chi connectivity index (χ3n) is 3.51. The number of carbonyl (C=O) groups excluding carboxylic acids is 3. The van der Waals surface area contributed by atoms with Crippen LogP contribution in [0.1, 0.15) is 26.3 Å². The lowest BCUT2D eigenvalue weighted by atomic mass is 10.1. The molecule has 0 saturated heterocycles. The Morgan fingerprint density at radius 1 is 1.04 bits per heavy atom. The van der Waals surface area contributed by atoms with E-state index in [-0.39, 0.29) is 5.91 Å². The minimum Gasteiger partial charge on any atom is -0.352 e. The van der Waals surface area contributed by atoms with Crippen LogP contribution in [0.15, 0.2) is 48.5 Å². The summed E-state index contributed by atoms with van der Waals surface area (Å²) in [5.41, 5.74) is 2.97. The number of amides is 2. The van der Waals surface area contributed by atoms with E-state index in [4.69, 9.17) is 0 Å². The molecule has 0 aliphatic rings. The molecule has 5 heteroatoms. The molecule has 0 bridgehead atoms. The van der Waals surface area contributed by atoms with Gasteiger partial charge in [0.1, 0.15) is 6.29 Å². The van der Waals surface area contributed by atoms with Crippen molar-refractivity contribution in [2.75, 3.05) is 18.5 Å². The Kier molecular flexibility index (Phi) is 5.63. The molecule has 0 aliphatic heterocycles. The summed E-state index contributed by atoms with van der Waals surface area (Å²) in [6.45, 7) is 0.511. The van der Waals surface area contributed by atoms with E-state index in [9.17, 15) is 14.4 Å². The molecule has 0 radical (unpaired) electrons. The van der Waals surface area contributed by atoms with Crippen molar-refractivity contribution in [1.82, 2.24) is 5.32 Å². The molecule has 0 spiro atoms. The quantitative estimate of drug-likeness (QED) is 0.796. The van der Waals surface area contributed by atoms with Crippen LogP contribution >= 0.6 is 0 Å². The lowest BCUT2D eigenvalue weighted by molar-refractivity contribution is -0.107. The molecule has 1 N–H and O–H groups in total. The van der Waals surface area contributed by atoms with Crippen LogP contribution in [0.4, 0.5) is 5.69 Å². The van der Waals surface area contributed by atoms with Crippen molar-refractivity contribution in [1.29, 1.82) is 0 Å². The van der Waals surface area contributed by atoms with Gasteiger partial charge in [0.05, 0.1) is 0 Å². The lowest BCUT2D eigenvalue weighted by Crippen LogP contribution is -2.25. The van der Waals surface area contributed by atoms with Gasteiger partial charge in [-0.15, -0.1) is 0 Å². The molecule has 23 heavy (non-hydrogen) atoms. The number of hydrogen-bond acceptors (Lipinski definition) is 3. The molecule has 2 aromatic carbocycles. The topological polar surface area (TPSA) is 66.5 Å². The summed E-state index contributed by atoms with van der Waals surface area (Å²) in [6.07, 6.45) is 2.20. The molecular formula is C18H18N2O3. The summed E-state index contributed by atoms with van der Waals surface area (Å²) < 4.78 is 0. The van der Waals surface area contributed by atoms with Crippen molar-refractivity contribution in [3.8, 4) is 0 Å². The van der Waals surface area contributed by atoms with E-state index < -0.39 is 0 Å². The van der Waals surface area contributed by atoms with Crippen molar-refractivity contribution in [3.63, 3.8) is 0 Å². The Hall–Kier alpha value is -2.95. The van der Waals surface area contributed by atoms with Crippen LogP contribution in [-0.4, -0.2) is 32.2 Å². The normalized spacial score (nSPS) is 9.96. The maximum absolute atomic E-state index is 12.0. The summed E-state index contributed by atoms with van der Waals surface area (Å²) in [6, 6.07) is 14.1. The predicted molar refractivity (Wildman–Crippen MR) is 88.8 cm³/mol. The van der Waals surface area contributed by atoms with Gasteiger partial charge in [0.2, 0.25) is 6.41 Å². The van der Waals surface area contributed by atoms with E-state index in [1.54, 1.807) is 31.3 Å². The van der Waals surface area contributed by atoms with Gasteiger partial charge in [-0.25, -0.2) is 0 Å². The Balaban J connectivity index is 1.85. The zero-order chi connectivity index (χ0) is 16.7. The van der Waals surface area contributed by atoms with Gasteiger partial charge in [0.15, 0.2) is 0 Å². The zero-order valence-electron chi connectivity index (χ0n) is 12.9. The number of nitrogens with one attached hydrogen (secondary N) is 1. The average Bonchev–Trinajstić information content (AvgIpc) is 2.61. The largest absolute Gasteiger partial charge is 0.352 e. The monoisotopic (exact) mass is 310 g/mol. The highest BCUT2D eigenvalue weighted by atomic mass is 16.1. The number of aldehydes is 1. The van der Waals surface area contributed by atoms with Gasteiger partial charge in [-0.05, 0) is 36.2 Å². The molecule has 2 aromatic rings. The Labute approximate surface area is 134 Å². The van der Waals surface area contributed by atoms with Crippen molar-refractivity contribution >= 4 is 24.3 Å². The van der Waals surface area contributed by atoms with Gasteiger partial charge in [-0.3, -0.25) is 14.4 Å². The van der Waals surface area contributed by atoms with E-state index in [1.807, 2.05) is 24.3 Å². The summed E-state index contributed by atoms with van der Waals surface area (Å²) in [7, 11) is 1.69. The van der Waals surface area contributed by atoms with Crippen LogP contribution in [0.25, 0.3) is 0 Å². The van der Waals surface area contributed by atoms with Crippen LogP contribution in [0.3, 0.4) is 0 Å². The Morgan fingerprint density at radius 3 is 2.26 bits per heavy atom. The maximum Gasteiger partial charge on any atom is 0.251 e. The van der Waals surface area contributed by atoms with Gasteiger partial charge < -0.3 is 10.2 Å². The van der Waals surface area contributed by atoms with Crippen molar-refractivity contribution in [3.05, 3.63) is 65.2 Å². The van der Waals surface area contributed by atoms with Gasteiger partial charge in [0, 0.05) is 30.4 Å². The average molecular weight is 310 g/mol. The van der Waals surface area contributed by atoms with Crippen molar-refractivity contribution < 1.29 is 14.4 Å². The first-order chi connectivity index (χ1) is 11.1. The van der Waals surface area contributed by atoms with E-state index in [1.165, 1.54) is 4.90 Å². The fourth-order valence-electron chi connectivity index (χ4n) is 2.09.